The van der Waals surface area contributed by atoms with Crippen molar-refractivity contribution in [2.45, 2.75) is 13.5 Å². The molecular weight excluding hydrogens is 284 g/mol. The van der Waals surface area contributed by atoms with E-state index in [9.17, 15) is 4.79 Å². The lowest BCUT2D eigenvalue weighted by Gasteiger charge is -2.08. The van der Waals surface area contributed by atoms with Gasteiger partial charge in [-0.2, -0.15) is 0 Å². The summed E-state index contributed by atoms with van der Waals surface area (Å²) in [5.74, 6) is 0.394. The van der Waals surface area contributed by atoms with Gasteiger partial charge in [-0.15, -0.1) is 11.3 Å². The zero-order chi connectivity index (χ0) is 13.7. The van der Waals surface area contributed by atoms with Gasteiger partial charge in [-0.25, -0.2) is 9.97 Å². The quantitative estimate of drug-likeness (QED) is 0.890. The van der Waals surface area contributed by atoms with Gasteiger partial charge in [0.15, 0.2) is 0 Å². The summed E-state index contributed by atoms with van der Waals surface area (Å²) in [6.45, 7) is 3.07. The molecule has 0 saturated carbocycles. The van der Waals surface area contributed by atoms with Gasteiger partial charge >= 0.3 is 0 Å². The van der Waals surface area contributed by atoms with E-state index in [-0.39, 0.29) is 5.91 Å². The predicted octanol–water partition coefficient (Wildman–Crippen LogP) is 2.55. The Morgan fingerprint density at radius 2 is 2.32 bits per heavy atom. The first-order valence-electron chi connectivity index (χ1n) is 5.75. The molecule has 0 bridgehead atoms. The molecule has 0 aliphatic heterocycles. The molecular formula is C12H13ClN4OS. The van der Waals surface area contributed by atoms with Gasteiger partial charge in [0.25, 0.3) is 5.91 Å². The van der Waals surface area contributed by atoms with E-state index in [0.29, 0.717) is 22.9 Å². The summed E-state index contributed by atoms with van der Waals surface area (Å²) in [6, 6.07) is 1.64. The molecule has 0 fully saturated rings. The summed E-state index contributed by atoms with van der Waals surface area (Å²) >= 11 is 7.48. The molecule has 2 N–H and O–H groups in total. The topological polar surface area (TPSA) is 66.9 Å². The Labute approximate surface area is 120 Å². The number of nitrogens with zero attached hydrogens (tertiary/aromatic N) is 2. The number of nitrogens with one attached hydrogen (secondary N) is 2. The number of anilines is 1. The molecule has 7 heteroatoms. The van der Waals surface area contributed by atoms with E-state index in [1.807, 2.05) is 12.3 Å². The number of thiazole rings is 1. The van der Waals surface area contributed by atoms with Crippen molar-refractivity contribution in [3.05, 3.63) is 39.4 Å². The molecule has 0 radical (unpaired) electrons. The second kappa shape index (κ2) is 6.49. The molecule has 100 valence electrons. The zero-order valence-electron chi connectivity index (χ0n) is 10.3. The van der Waals surface area contributed by atoms with Gasteiger partial charge in [0, 0.05) is 18.1 Å². The first kappa shape index (κ1) is 13.8. The van der Waals surface area contributed by atoms with Crippen LogP contribution in [0.3, 0.4) is 0 Å². The van der Waals surface area contributed by atoms with Gasteiger partial charge in [0.05, 0.1) is 28.3 Å². The first-order valence-corrected chi connectivity index (χ1v) is 7.07. The fourth-order valence-corrected chi connectivity index (χ4v) is 2.23. The van der Waals surface area contributed by atoms with Gasteiger partial charge in [-0.05, 0) is 13.0 Å². The SMILES string of the molecule is CCNc1cc(C(=O)NCc2cscn2)c(Cl)cn1. The molecule has 0 aliphatic rings. The van der Waals surface area contributed by atoms with Crippen LogP contribution in [0.4, 0.5) is 5.82 Å². The maximum Gasteiger partial charge on any atom is 0.253 e. The molecule has 0 spiro atoms. The highest BCUT2D eigenvalue weighted by Crippen LogP contribution is 2.18. The van der Waals surface area contributed by atoms with Crippen molar-refractivity contribution in [1.29, 1.82) is 0 Å². The monoisotopic (exact) mass is 296 g/mol. The van der Waals surface area contributed by atoms with Crippen molar-refractivity contribution in [3.63, 3.8) is 0 Å². The van der Waals surface area contributed by atoms with Gasteiger partial charge in [0.1, 0.15) is 5.82 Å². The van der Waals surface area contributed by atoms with Gasteiger partial charge in [-0.1, -0.05) is 11.6 Å². The number of amides is 1. The van der Waals surface area contributed by atoms with Crippen LogP contribution in [-0.2, 0) is 6.54 Å². The van der Waals surface area contributed by atoms with E-state index >= 15 is 0 Å². The van der Waals surface area contributed by atoms with Crippen molar-refractivity contribution < 1.29 is 4.79 Å². The molecule has 2 heterocycles. The second-order valence-corrected chi connectivity index (χ2v) is 4.87. The van der Waals surface area contributed by atoms with E-state index in [1.54, 1.807) is 11.6 Å². The molecule has 5 nitrogen and oxygen atoms in total. The Morgan fingerprint density at radius 3 is 3.00 bits per heavy atom. The third-order valence-corrected chi connectivity index (χ3v) is 3.31. The Hall–Kier alpha value is -1.66. The molecule has 19 heavy (non-hydrogen) atoms. The number of hydrogen-bond donors (Lipinski definition) is 2. The lowest BCUT2D eigenvalue weighted by Crippen LogP contribution is -2.23. The molecule has 0 atom stereocenters. The number of carbonyl (C=O) groups is 1. The summed E-state index contributed by atoms with van der Waals surface area (Å²) in [5.41, 5.74) is 2.96. The standard InChI is InChI=1S/C12H13ClN4OS/c1-2-14-11-3-9(10(13)5-15-11)12(18)16-4-8-6-19-7-17-8/h3,5-7H,2,4H2,1H3,(H,14,15)(H,16,18). The smallest absolute Gasteiger partial charge is 0.253 e. The minimum atomic E-state index is -0.237. The summed E-state index contributed by atoms with van der Waals surface area (Å²) < 4.78 is 0. The Morgan fingerprint density at radius 1 is 1.47 bits per heavy atom. The number of aromatic nitrogens is 2. The average Bonchev–Trinajstić information content (AvgIpc) is 2.92. The molecule has 0 aliphatic carbocycles. The molecule has 2 rings (SSSR count). The van der Waals surface area contributed by atoms with Crippen molar-refractivity contribution in [3.8, 4) is 0 Å². The van der Waals surface area contributed by atoms with E-state index < -0.39 is 0 Å². The Bertz CT molecular complexity index is 559. The maximum atomic E-state index is 12.0. The number of rotatable bonds is 5. The van der Waals surface area contributed by atoms with Crippen LogP contribution >= 0.6 is 22.9 Å². The molecule has 2 aromatic rings. The molecule has 2 aromatic heterocycles. The van der Waals surface area contributed by atoms with Crippen LogP contribution in [0.5, 0.6) is 0 Å². The Kier molecular flexibility index (Phi) is 4.70. The maximum absolute atomic E-state index is 12.0. The van der Waals surface area contributed by atoms with Gasteiger partial charge < -0.3 is 10.6 Å². The largest absolute Gasteiger partial charge is 0.370 e. The molecule has 1 amide bonds. The van der Waals surface area contributed by atoms with Crippen LogP contribution in [0.15, 0.2) is 23.2 Å². The lowest BCUT2D eigenvalue weighted by molar-refractivity contribution is 0.0950. The number of hydrogen-bond acceptors (Lipinski definition) is 5. The van der Waals surface area contributed by atoms with Gasteiger partial charge in [-0.3, -0.25) is 4.79 Å². The zero-order valence-corrected chi connectivity index (χ0v) is 11.9. The highest BCUT2D eigenvalue weighted by Gasteiger charge is 2.12. The first-order chi connectivity index (χ1) is 9.20. The van der Waals surface area contributed by atoms with Crippen LogP contribution in [-0.4, -0.2) is 22.4 Å². The van der Waals surface area contributed by atoms with E-state index in [1.165, 1.54) is 17.5 Å². The Balaban J connectivity index is 2.07. The van der Waals surface area contributed by atoms with Crippen LogP contribution in [0.1, 0.15) is 23.0 Å². The minimum Gasteiger partial charge on any atom is -0.370 e. The third kappa shape index (κ3) is 3.65. The van der Waals surface area contributed by atoms with E-state index in [2.05, 4.69) is 20.6 Å². The fraction of sp³-hybridized carbons (Fsp3) is 0.250. The van der Waals surface area contributed by atoms with Crippen LogP contribution < -0.4 is 10.6 Å². The minimum absolute atomic E-state index is 0.237. The predicted molar refractivity (Wildman–Crippen MR) is 76.7 cm³/mol. The van der Waals surface area contributed by atoms with Crippen molar-refractivity contribution >= 4 is 34.7 Å². The summed E-state index contributed by atoms with van der Waals surface area (Å²) in [7, 11) is 0. The van der Waals surface area contributed by atoms with Crippen LogP contribution in [0.25, 0.3) is 0 Å². The average molecular weight is 297 g/mol. The van der Waals surface area contributed by atoms with Crippen molar-refractivity contribution in [2.75, 3.05) is 11.9 Å². The van der Waals surface area contributed by atoms with Gasteiger partial charge in [0.2, 0.25) is 0 Å². The summed E-state index contributed by atoms with van der Waals surface area (Å²) in [5, 5.41) is 8.03. The summed E-state index contributed by atoms with van der Waals surface area (Å²) in [4.78, 5) is 20.2. The normalized spacial score (nSPS) is 10.2. The van der Waals surface area contributed by atoms with Crippen molar-refractivity contribution in [1.82, 2.24) is 15.3 Å². The van der Waals surface area contributed by atoms with E-state index in [4.69, 9.17) is 11.6 Å². The summed E-state index contributed by atoms with van der Waals surface area (Å²) in [6.07, 6.45) is 1.47. The molecule has 0 unspecified atom stereocenters. The third-order valence-electron chi connectivity index (χ3n) is 2.37. The van der Waals surface area contributed by atoms with Crippen LogP contribution in [0, 0.1) is 0 Å². The number of halogens is 1. The van der Waals surface area contributed by atoms with Crippen LogP contribution in [0.2, 0.25) is 5.02 Å². The van der Waals surface area contributed by atoms with Crippen molar-refractivity contribution in [2.24, 2.45) is 0 Å². The highest BCUT2D eigenvalue weighted by atomic mass is 35.5. The lowest BCUT2D eigenvalue weighted by atomic mass is 10.2. The highest BCUT2D eigenvalue weighted by molar-refractivity contribution is 7.07. The fourth-order valence-electron chi connectivity index (χ4n) is 1.48. The molecule has 0 saturated heterocycles. The molecule has 0 aromatic carbocycles. The number of carbonyl (C=O) groups excluding carboxylic acids is 1. The number of pyridine rings is 1. The second-order valence-electron chi connectivity index (χ2n) is 3.74. The van der Waals surface area contributed by atoms with E-state index in [0.717, 1.165) is 12.2 Å².